The Balaban J connectivity index is 1.77. The van der Waals surface area contributed by atoms with Gasteiger partial charge in [0.1, 0.15) is 0 Å². The van der Waals surface area contributed by atoms with E-state index in [1.807, 2.05) is 0 Å². The molecule has 1 saturated heterocycles. The van der Waals surface area contributed by atoms with Crippen molar-refractivity contribution in [2.75, 3.05) is 20.2 Å². The number of hydrogen-bond acceptors (Lipinski definition) is 5. The van der Waals surface area contributed by atoms with E-state index in [1.165, 1.54) is 13.3 Å². The summed E-state index contributed by atoms with van der Waals surface area (Å²) in [4.78, 5) is 4.60. The standard InChI is InChI=1S/C20H24N2O4S/c1-26-19-8-6-7-16(20(19)23)15-21-17-9-11-18(12-10-17)27(24,25)22-13-4-2-3-5-14-22/h6-12,15,23H,2-5,13-14H2,1H3. The second kappa shape index (κ2) is 8.54. The van der Waals surface area contributed by atoms with Crippen molar-refractivity contribution in [1.29, 1.82) is 0 Å². The molecule has 0 saturated carbocycles. The Morgan fingerprint density at radius 2 is 1.70 bits per heavy atom. The maximum atomic E-state index is 12.8. The van der Waals surface area contributed by atoms with E-state index in [0.717, 1.165) is 25.7 Å². The summed E-state index contributed by atoms with van der Waals surface area (Å²) in [6, 6.07) is 11.6. The summed E-state index contributed by atoms with van der Waals surface area (Å²) in [7, 11) is -1.97. The Morgan fingerprint density at radius 3 is 2.33 bits per heavy atom. The lowest BCUT2D eigenvalue weighted by molar-refractivity contribution is 0.373. The molecule has 1 N–H and O–H groups in total. The molecule has 0 aromatic heterocycles. The molecule has 1 aliphatic heterocycles. The lowest BCUT2D eigenvalue weighted by Gasteiger charge is -2.19. The zero-order valence-electron chi connectivity index (χ0n) is 15.3. The van der Waals surface area contributed by atoms with Crippen molar-refractivity contribution in [3.63, 3.8) is 0 Å². The molecule has 7 heteroatoms. The van der Waals surface area contributed by atoms with Crippen LogP contribution in [0.1, 0.15) is 31.2 Å². The van der Waals surface area contributed by atoms with Gasteiger partial charge >= 0.3 is 0 Å². The van der Waals surface area contributed by atoms with Crippen molar-refractivity contribution in [1.82, 2.24) is 4.31 Å². The van der Waals surface area contributed by atoms with E-state index in [9.17, 15) is 13.5 Å². The van der Waals surface area contributed by atoms with Crippen molar-refractivity contribution >= 4 is 21.9 Å². The number of aliphatic imine (C=N–C) groups is 1. The topological polar surface area (TPSA) is 79.2 Å². The van der Waals surface area contributed by atoms with Crippen molar-refractivity contribution < 1.29 is 18.3 Å². The number of rotatable bonds is 5. The molecule has 1 heterocycles. The SMILES string of the molecule is COc1cccc(C=Nc2ccc(S(=O)(=O)N3CCCCCC3)cc2)c1O. The lowest BCUT2D eigenvalue weighted by atomic mass is 10.2. The highest BCUT2D eigenvalue weighted by Gasteiger charge is 2.24. The number of sulfonamides is 1. The molecule has 0 atom stereocenters. The Kier molecular flexibility index (Phi) is 6.13. The average molecular weight is 388 g/mol. The Hall–Kier alpha value is -2.38. The number of benzene rings is 2. The van der Waals surface area contributed by atoms with E-state index in [2.05, 4.69) is 4.99 Å². The Morgan fingerprint density at radius 1 is 1.04 bits per heavy atom. The van der Waals surface area contributed by atoms with Gasteiger partial charge in [-0.25, -0.2) is 8.42 Å². The van der Waals surface area contributed by atoms with Crippen LogP contribution in [0.4, 0.5) is 5.69 Å². The maximum absolute atomic E-state index is 12.8. The van der Waals surface area contributed by atoms with Crippen LogP contribution >= 0.6 is 0 Å². The van der Waals surface area contributed by atoms with Crippen molar-refractivity contribution in [2.45, 2.75) is 30.6 Å². The summed E-state index contributed by atoms with van der Waals surface area (Å²) in [5.41, 5.74) is 1.13. The number of methoxy groups -OCH3 is 1. The number of nitrogens with zero attached hydrogens (tertiary/aromatic N) is 2. The molecule has 2 aromatic rings. The van der Waals surface area contributed by atoms with Crippen molar-refractivity contribution in [3.8, 4) is 11.5 Å². The third-order valence-corrected chi connectivity index (χ3v) is 6.56. The predicted octanol–water partition coefficient (Wildman–Crippen LogP) is 3.72. The fraction of sp³-hybridized carbons (Fsp3) is 0.350. The van der Waals surface area contributed by atoms with Gasteiger partial charge in [0.25, 0.3) is 0 Å². The van der Waals surface area contributed by atoms with Crippen molar-refractivity contribution in [2.24, 2.45) is 4.99 Å². The lowest BCUT2D eigenvalue weighted by Crippen LogP contribution is -2.31. The fourth-order valence-corrected chi connectivity index (χ4v) is 4.60. The minimum atomic E-state index is -3.46. The Bertz CT molecular complexity index is 900. The van der Waals surface area contributed by atoms with Gasteiger partial charge < -0.3 is 9.84 Å². The molecule has 0 amide bonds. The first-order chi connectivity index (χ1) is 13.0. The van der Waals surface area contributed by atoms with Gasteiger partial charge in [-0.3, -0.25) is 4.99 Å². The summed E-state index contributed by atoms with van der Waals surface area (Å²) < 4.78 is 32.2. The molecule has 27 heavy (non-hydrogen) atoms. The molecule has 0 radical (unpaired) electrons. The molecule has 6 nitrogen and oxygen atoms in total. The molecule has 0 aliphatic carbocycles. The third-order valence-electron chi connectivity index (χ3n) is 4.64. The van der Waals surface area contributed by atoms with Gasteiger partial charge in [0, 0.05) is 24.9 Å². The molecular formula is C20H24N2O4S. The van der Waals surface area contributed by atoms with E-state index >= 15 is 0 Å². The number of para-hydroxylation sites is 1. The molecule has 0 bridgehead atoms. The molecule has 0 unspecified atom stereocenters. The van der Waals surface area contributed by atoms with Crippen LogP contribution in [0.2, 0.25) is 0 Å². The summed E-state index contributed by atoms with van der Waals surface area (Å²) >= 11 is 0. The number of phenolic OH excluding ortho intramolecular Hbond substituents is 1. The third kappa shape index (κ3) is 4.48. The molecule has 3 rings (SSSR count). The second-order valence-corrected chi connectivity index (χ2v) is 8.41. The highest BCUT2D eigenvalue weighted by molar-refractivity contribution is 7.89. The molecule has 1 aliphatic rings. The highest BCUT2D eigenvalue weighted by atomic mass is 32.2. The van der Waals surface area contributed by atoms with E-state index in [4.69, 9.17) is 4.74 Å². The van der Waals surface area contributed by atoms with Crippen LogP contribution in [0.25, 0.3) is 0 Å². The van der Waals surface area contributed by atoms with E-state index in [1.54, 1.807) is 46.8 Å². The van der Waals surface area contributed by atoms with Crippen LogP contribution in [-0.2, 0) is 10.0 Å². The Labute approximate surface area is 160 Å². The number of aromatic hydroxyl groups is 1. The van der Waals surface area contributed by atoms with Gasteiger partial charge in [-0.1, -0.05) is 18.9 Å². The smallest absolute Gasteiger partial charge is 0.243 e. The van der Waals surface area contributed by atoms with Gasteiger partial charge in [0.05, 0.1) is 17.7 Å². The average Bonchev–Trinajstić information content (AvgIpc) is 2.98. The van der Waals surface area contributed by atoms with Crippen LogP contribution in [0.15, 0.2) is 52.4 Å². The van der Waals surface area contributed by atoms with Crippen LogP contribution in [0, 0.1) is 0 Å². The van der Waals surface area contributed by atoms with E-state index in [-0.39, 0.29) is 10.6 Å². The number of phenols is 1. The first-order valence-electron chi connectivity index (χ1n) is 9.02. The van der Waals surface area contributed by atoms with Gasteiger partial charge in [-0.15, -0.1) is 0 Å². The van der Waals surface area contributed by atoms with Gasteiger partial charge in [-0.2, -0.15) is 4.31 Å². The van der Waals surface area contributed by atoms with Crippen LogP contribution in [0.3, 0.4) is 0 Å². The molecule has 144 valence electrons. The summed E-state index contributed by atoms with van der Waals surface area (Å²) in [6.45, 7) is 1.16. The summed E-state index contributed by atoms with van der Waals surface area (Å²) in [5, 5.41) is 10.1. The van der Waals surface area contributed by atoms with Crippen LogP contribution in [-0.4, -0.2) is 44.2 Å². The van der Waals surface area contributed by atoms with Gasteiger partial charge in [0.15, 0.2) is 11.5 Å². The van der Waals surface area contributed by atoms with E-state index in [0.29, 0.717) is 30.1 Å². The summed E-state index contributed by atoms with van der Waals surface area (Å²) in [5.74, 6) is 0.391. The quantitative estimate of drug-likeness (QED) is 0.792. The monoisotopic (exact) mass is 388 g/mol. The predicted molar refractivity (Wildman–Crippen MR) is 106 cm³/mol. The molecule has 0 spiro atoms. The largest absolute Gasteiger partial charge is 0.504 e. The van der Waals surface area contributed by atoms with Gasteiger partial charge in [0.2, 0.25) is 10.0 Å². The second-order valence-electron chi connectivity index (χ2n) is 6.47. The fourth-order valence-electron chi connectivity index (χ4n) is 3.09. The highest BCUT2D eigenvalue weighted by Crippen LogP contribution is 2.29. The molecule has 2 aromatic carbocycles. The number of hydrogen-bond donors (Lipinski definition) is 1. The number of ether oxygens (including phenoxy) is 1. The van der Waals surface area contributed by atoms with E-state index < -0.39 is 10.0 Å². The molecule has 1 fully saturated rings. The van der Waals surface area contributed by atoms with Crippen LogP contribution in [0.5, 0.6) is 11.5 Å². The zero-order valence-corrected chi connectivity index (χ0v) is 16.2. The van der Waals surface area contributed by atoms with Gasteiger partial charge in [-0.05, 0) is 49.2 Å². The zero-order chi connectivity index (χ0) is 19.3. The minimum Gasteiger partial charge on any atom is -0.504 e. The minimum absolute atomic E-state index is 0.0177. The summed E-state index contributed by atoms with van der Waals surface area (Å²) in [6.07, 6.45) is 5.50. The van der Waals surface area contributed by atoms with Crippen LogP contribution < -0.4 is 4.74 Å². The first kappa shape index (κ1) is 19.4. The molecular weight excluding hydrogens is 364 g/mol. The normalized spacial score (nSPS) is 16.3. The maximum Gasteiger partial charge on any atom is 0.243 e. The van der Waals surface area contributed by atoms with Crippen molar-refractivity contribution in [3.05, 3.63) is 48.0 Å². The first-order valence-corrected chi connectivity index (χ1v) is 10.5.